The third kappa shape index (κ3) is 1.89. The van der Waals surface area contributed by atoms with Gasteiger partial charge in [-0.3, -0.25) is 9.59 Å². The zero-order valence-electron chi connectivity index (χ0n) is 8.88. The van der Waals surface area contributed by atoms with Crippen molar-refractivity contribution >= 4 is 39.1 Å². The van der Waals surface area contributed by atoms with E-state index in [1.165, 1.54) is 6.08 Å². The molecule has 1 aliphatic rings. The number of hydrogen-bond acceptors (Lipinski definition) is 4. The minimum atomic E-state index is -0.371. The van der Waals surface area contributed by atoms with Crippen molar-refractivity contribution in [1.29, 1.82) is 0 Å². The minimum absolute atomic E-state index is 0.153. The van der Waals surface area contributed by atoms with E-state index in [-0.39, 0.29) is 16.8 Å². The van der Waals surface area contributed by atoms with Crippen molar-refractivity contribution in [3.8, 4) is 0 Å². The largest absolute Gasteiger partial charge is 0.311 e. The number of aromatic nitrogens is 1. The average Bonchev–Trinajstić information content (AvgIpc) is 2.71. The maximum absolute atomic E-state index is 11.3. The van der Waals surface area contributed by atoms with Crippen LogP contribution >= 0.6 is 22.9 Å². The summed E-state index contributed by atoms with van der Waals surface area (Å²) in [6.45, 7) is 0. The molecule has 0 aliphatic carbocycles. The number of benzene rings is 1. The third-order valence-corrected chi connectivity index (χ3v) is 3.68. The highest BCUT2D eigenvalue weighted by molar-refractivity contribution is 7.16. The Hall–Kier alpha value is -1.79. The summed E-state index contributed by atoms with van der Waals surface area (Å²) in [6.07, 6.45) is 3.03. The summed E-state index contributed by atoms with van der Waals surface area (Å²) in [6, 6.07) is 3.21. The molecule has 3 rings (SSSR count). The van der Waals surface area contributed by atoms with E-state index in [4.69, 9.17) is 11.6 Å². The number of carbonyl (C=O) groups excluding carboxylic acids is 1. The van der Waals surface area contributed by atoms with Gasteiger partial charge in [0.25, 0.3) is 5.91 Å². The number of amides is 1. The fourth-order valence-corrected chi connectivity index (χ4v) is 2.89. The fraction of sp³-hybridized carbons (Fsp3) is 0.0909. The molecule has 0 saturated carbocycles. The zero-order valence-corrected chi connectivity index (χ0v) is 10.5. The van der Waals surface area contributed by atoms with Gasteiger partial charge in [-0.15, -0.1) is 5.11 Å². The van der Waals surface area contributed by atoms with Gasteiger partial charge < -0.3 is 4.98 Å². The Kier molecular flexibility index (Phi) is 2.61. The number of carbonyl (C=O) groups is 1. The van der Waals surface area contributed by atoms with Crippen molar-refractivity contribution < 1.29 is 4.79 Å². The predicted molar refractivity (Wildman–Crippen MR) is 69.2 cm³/mol. The second-order valence-corrected chi connectivity index (χ2v) is 5.17. The van der Waals surface area contributed by atoms with Gasteiger partial charge in [0, 0.05) is 6.08 Å². The van der Waals surface area contributed by atoms with E-state index in [9.17, 15) is 9.59 Å². The Morgan fingerprint density at radius 2 is 2.17 bits per heavy atom. The van der Waals surface area contributed by atoms with E-state index < -0.39 is 0 Å². The van der Waals surface area contributed by atoms with Crippen LogP contribution in [0.2, 0.25) is 5.02 Å². The van der Waals surface area contributed by atoms with E-state index in [0.717, 1.165) is 21.6 Å². The first-order valence-electron chi connectivity index (χ1n) is 5.09. The van der Waals surface area contributed by atoms with Gasteiger partial charge in [-0.2, -0.15) is 5.11 Å². The number of rotatable bonds is 1. The summed E-state index contributed by atoms with van der Waals surface area (Å²) in [5.41, 5.74) is 1.43. The van der Waals surface area contributed by atoms with Gasteiger partial charge in [-0.25, -0.2) is 0 Å². The van der Waals surface area contributed by atoms with Gasteiger partial charge >= 0.3 is 4.87 Å². The zero-order chi connectivity index (χ0) is 12.7. The van der Waals surface area contributed by atoms with E-state index in [1.807, 2.05) is 6.07 Å². The molecule has 0 fully saturated rings. The Morgan fingerprint density at radius 1 is 1.33 bits per heavy atom. The maximum Gasteiger partial charge on any atom is 0.305 e. The number of H-pyrrole nitrogens is 1. The van der Waals surface area contributed by atoms with Crippen LogP contribution in [0.15, 0.2) is 39.3 Å². The maximum atomic E-state index is 11.3. The molecule has 0 saturated heterocycles. The third-order valence-electron chi connectivity index (χ3n) is 2.55. The molecule has 0 radical (unpaired) electrons. The van der Waals surface area contributed by atoms with Crippen LogP contribution in [0.1, 0.15) is 11.6 Å². The highest BCUT2D eigenvalue weighted by Gasteiger charge is 2.15. The van der Waals surface area contributed by atoms with Crippen molar-refractivity contribution in [3.05, 3.63) is 44.5 Å². The fourth-order valence-electron chi connectivity index (χ4n) is 1.74. The van der Waals surface area contributed by atoms with Gasteiger partial charge in [0.2, 0.25) is 0 Å². The predicted octanol–water partition coefficient (Wildman–Crippen LogP) is 2.83. The number of fused-ring (bicyclic) bond motifs is 1. The molecule has 2 aromatic rings. The summed E-state index contributed by atoms with van der Waals surface area (Å²) < 4.78 is 0.767. The number of nitrogens with one attached hydrogen (secondary N) is 1. The highest BCUT2D eigenvalue weighted by atomic mass is 35.5. The van der Waals surface area contributed by atoms with E-state index in [2.05, 4.69) is 15.2 Å². The van der Waals surface area contributed by atoms with Crippen LogP contribution in [0.5, 0.6) is 0 Å². The first-order valence-corrected chi connectivity index (χ1v) is 6.28. The lowest BCUT2D eigenvalue weighted by atomic mass is 10.1. The van der Waals surface area contributed by atoms with Crippen LogP contribution in [-0.4, -0.2) is 10.9 Å². The Balaban J connectivity index is 2.13. The number of hydrogen-bond donors (Lipinski definition) is 1. The summed E-state index contributed by atoms with van der Waals surface area (Å²) in [5, 5.41) is 7.83. The van der Waals surface area contributed by atoms with Gasteiger partial charge in [0.1, 0.15) is 6.04 Å². The Morgan fingerprint density at radius 3 is 2.89 bits per heavy atom. The molecule has 0 bridgehead atoms. The molecule has 1 aromatic heterocycles. The first-order chi connectivity index (χ1) is 8.63. The number of thiazole rings is 1. The Bertz CT molecular complexity index is 743. The van der Waals surface area contributed by atoms with Gasteiger partial charge in [-0.05, 0) is 23.8 Å². The highest BCUT2D eigenvalue weighted by Crippen LogP contribution is 2.31. The summed E-state index contributed by atoms with van der Waals surface area (Å²) in [7, 11) is 0. The summed E-state index contributed by atoms with van der Waals surface area (Å²) in [4.78, 5) is 24.7. The van der Waals surface area contributed by atoms with E-state index >= 15 is 0 Å². The molecule has 1 aromatic carbocycles. The molecular formula is C11H6ClN3O2S. The van der Waals surface area contributed by atoms with Crippen LogP contribution in [0, 0.1) is 0 Å². The lowest BCUT2D eigenvalue weighted by Crippen LogP contribution is -1.99. The molecule has 18 heavy (non-hydrogen) atoms. The van der Waals surface area contributed by atoms with Crippen LogP contribution < -0.4 is 4.87 Å². The standard InChI is InChI=1S/C11H6ClN3O2S/c12-6-3-5(7-1-2-9(16)15-14-7)4-8-10(6)13-11(17)18-8/h1-4,7H,(H,13,17). The monoisotopic (exact) mass is 279 g/mol. The molecule has 5 nitrogen and oxygen atoms in total. The molecular weight excluding hydrogens is 274 g/mol. The average molecular weight is 280 g/mol. The van der Waals surface area contributed by atoms with Crippen LogP contribution in [-0.2, 0) is 4.79 Å². The van der Waals surface area contributed by atoms with Crippen molar-refractivity contribution in [2.24, 2.45) is 10.2 Å². The van der Waals surface area contributed by atoms with Crippen molar-refractivity contribution in [2.45, 2.75) is 6.04 Å². The molecule has 1 unspecified atom stereocenters. The SMILES string of the molecule is O=C1C=CC(c2cc(Cl)c3[nH]c(=O)sc3c2)N=N1. The number of azo groups is 1. The van der Waals surface area contributed by atoms with Crippen LogP contribution in [0.3, 0.4) is 0 Å². The summed E-state index contributed by atoms with van der Waals surface area (Å²) in [5.74, 6) is -0.371. The van der Waals surface area contributed by atoms with E-state index in [0.29, 0.717) is 10.5 Å². The Labute approximate surface area is 110 Å². The van der Waals surface area contributed by atoms with Crippen LogP contribution in [0.4, 0.5) is 0 Å². The van der Waals surface area contributed by atoms with Gasteiger partial charge in [0.05, 0.1) is 15.2 Å². The lowest BCUT2D eigenvalue weighted by molar-refractivity contribution is -0.114. The quantitative estimate of drug-likeness (QED) is 0.871. The summed E-state index contributed by atoms with van der Waals surface area (Å²) >= 11 is 7.18. The van der Waals surface area contributed by atoms with E-state index in [1.54, 1.807) is 12.1 Å². The molecule has 0 spiro atoms. The van der Waals surface area contributed by atoms with Crippen molar-refractivity contribution in [3.63, 3.8) is 0 Å². The second-order valence-electron chi connectivity index (χ2n) is 3.75. The number of aromatic amines is 1. The molecule has 1 aliphatic heterocycles. The molecule has 1 N–H and O–H groups in total. The van der Waals surface area contributed by atoms with Gasteiger partial charge in [-0.1, -0.05) is 22.9 Å². The molecule has 90 valence electrons. The van der Waals surface area contributed by atoms with Crippen LogP contribution in [0.25, 0.3) is 10.2 Å². The molecule has 1 amide bonds. The normalized spacial score (nSPS) is 18.7. The molecule has 7 heteroatoms. The van der Waals surface area contributed by atoms with Crippen molar-refractivity contribution in [2.75, 3.05) is 0 Å². The topological polar surface area (TPSA) is 74.7 Å². The first kappa shape index (κ1) is 11.3. The number of nitrogens with zero attached hydrogens (tertiary/aromatic N) is 2. The van der Waals surface area contributed by atoms with Crippen molar-refractivity contribution in [1.82, 2.24) is 4.98 Å². The van der Waals surface area contributed by atoms with Gasteiger partial charge in [0.15, 0.2) is 0 Å². The second kappa shape index (κ2) is 4.15. The minimum Gasteiger partial charge on any atom is -0.311 e. The molecule has 1 atom stereocenters. The molecule has 2 heterocycles. The smallest absolute Gasteiger partial charge is 0.305 e. The number of halogens is 1. The lowest BCUT2D eigenvalue weighted by Gasteiger charge is -2.09.